The zero-order valence-electron chi connectivity index (χ0n) is 11.4. The van der Waals surface area contributed by atoms with Crippen LogP contribution in [0.4, 0.5) is 20.7 Å². The summed E-state index contributed by atoms with van der Waals surface area (Å²) < 4.78 is 26.8. The van der Waals surface area contributed by atoms with Crippen molar-refractivity contribution in [1.29, 1.82) is 0 Å². The first-order valence-electron chi connectivity index (χ1n) is 6.85. The van der Waals surface area contributed by atoms with E-state index < -0.39 is 11.6 Å². The van der Waals surface area contributed by atoms with Crippen LogP contribution in [0, 0.1) is 11.6 Å². The number of hydrogen-bond acceptors (Lipinski definition) is 5. The lowest BCUT2D eigenvalue weighted by Crippen LogP contribution is -2.31. The second kappa shape index (κ2) is 5.59. The predicted octanol–water partition coefficient (Wildman–Crippen LogP) is 2.39. The molecular weight excluding hydrogens is 276 g/mol. The number of nitrogens with two attached hydrogens (primary N) is 1. The second-order valence-corrected chi connectivity index (χ2v) is 4.99. The Labute approximate surface area is 120 Å². The van der Waals surface area contributed by atoms with Gasteiger partial charge in [-0.05, 0) is 31.4 Å². The van der Waals surface area contributed by atoms with Crippen molar-refractivity contribution in [2.45, 2.75) is 19.3 Å². The molecule has 0 aliphatic carbocycles. The molecule has 0 bridgehead atoms. The summed E-state index contributed by atoms with van der Waals surface area (Å²) in [6.45, 7) is 1.68. The molecule has 1 aliphatic rings. The summed E-state index contributed by atoms with van der Waals surface area (Å²) in [5.41, 5.74) is 5.81. The summed E-state index contributed by atoms with van der Waals surface area (Å²) >= 11 is 0. The van der Waals surface area contributed by atoms with Crippen LogP contribution in [-0.2, 0) is 0 Å². The van der Waals surface area contributed by atoms with Crippen molar-refractivity contribution in [3.8, 4) is 11.4 Å². The maximum atomic E-state index is 13.8. The maximum Gasteiger partial charge on any atom is 0.230 e. The van der Waals surface area contributed by atoms with Crippen LogP contribution in [0.15, 0.2) is 18.2 Å². The van der Waals surface area contributed by atoms with E-state index in [4.69, 9.17) is 5.73 Å². The first kappa shape index (κ1) is 13.7. The van der Waals surface area contributed by atoms with E-state index in [0.717, 1.165) is 32.0 Å². The Morgan fingerprint density at radius 2 is 1.76 bits per heavy atom. The van der Waals surface area contributed by atoms with Gasteiger partial charge in [0.05, 0.1) is 5.56 Å². The minimum atomic E-state index is -0.717. The van der Waals surface area contributed by atoms with Crippen LogP contribution in [0.3, 0.4) is 0 Å². The number of hydrogen-bond donors (Lipinski definition) is 1. The summed E-state index contributed by atoms with van der Waals surface area (Å²) in [7, 11) is 0. The summed E-state index contributed by atoms with van der Waals surface area (Å²) in [6, 6.07) is 3.27. The van der Waals surface area contributed by atoms with Gasteiger partial charge in [-0.3, -0.25) is 0 Å². The molecule has 0 atom stereocenters. The molecule has 21 heavy (non-hydrogen) atoms. The molecule has 1 aromatic heterocycles. The lowest BCUT2D eigenvalue weighted by Gasteiger charge is -2.26. The molecule has 2 aromatic rings. The fraction of sp³-hybridized carbons (Fsp3) is 0.357. The molecule has 0 amide bonds. The molecule has 2 heterocycles. The smallest absolute Gasteiger partial charge is 0.230 e. The standard InChI is InChI=1S/C14H15F2N5/c15-9-4-5-10(11(16)8-9)12-18-13(17)20-14(19-12)21-6-2-1-3-7-21/h4-5,8H,1-3,6-7H2,(H2,17,18,19,20). The molecule has 0 saturated carbocycles. The number of halogens is 2. The normalized spacial score (nSPS) is 15.2. The molecule has 1 fully saturated rings. The van der Waals surface area contributed by atoms with E-state index in [1.54, 1.807) is 0 Å². The summed E-state index contributed by atoms with van der Waals surface area (Å²) in [4.78, 5) is 14.4. The molecule has 1 saturated heterocycles. The van der Waals surface area contributed by atoms with Crippen LogP contribution < -0.4 is 10.6 Å². The second-order valence-electron chi connectivity index (χ2n) is 4.99. The van der Waals surface area contributed by atoms with Gasteiger partial charge in [0, 0.05) is 19.2 Å². The Morgan fingerprint density at radius 3 is 2.48 bits per heavy atom. The largest absolute Gasteiger partial charge is 0.368 e. The number of benzene rings is 1. The van der Waals surface area contributed by atoms with E-state index in [2.05, 4.69) is 15.0 Å². The fourth-order valence-corrected chi connectivity index (χ4v) is 2.41. The van der Waals surface area contributed by atoms with Crippen LogP contribution in [0.25, 0.3) is 11.4 Å². The quantitative estimate of drug-likeness (QED) is 0.920. The topological polar surface area (TPSA) is 67.9 Å². The average Bonchev–Trinajstić information content (AvgIpc) is 2.47. The van der Waals surface area contributed by atoms with E-state index in [-0.39, 0.29) is 17.3 Å². The SMILES string of the molecule is Nc1nc(-c2ccc(F)cc2F)nc(N2CCCCC2)n1. The van der Waals surface area contributed by atoms with E-state index >= 15 is 0 Å². The van der Waals surface area contributed by atoms with E-state index in [1.165, 1.54) is 18.6 Å². The Morgan fingerprint density at radius 1 is 1.00 bits per heavy atom. The summed E-state index contributed by atoms with van der Waals surface area (Å²) in [6.07, 6.45) is 3.30. The number of nitrogens with zero attached hydrogens (tertiary/aromatic N) is 4. The average molecular weight is 291 g/mol. The summed E-state index contributed by atoms with van der Waals surface area (Å²) in [5.74, 6) is -0.759. The molecule has 0 radical (unpaired) electrons. The van der Waals surface area contributed by atoms with Crippen molar-refractivity contribution in [1.82, 2.24) is 15.0 Å². The minimum Gasteiger partial charge on any atom is -0.368 e. The first-order valence-corrected chi connectivity index (χ1v) is 6.85. The van der Waals surface area contributed by atoms with Gasteiger partial charge in [0.1, 0.15) is 11.6 Å². The van der Waals surface area contributed by atoms with Crippen molar-refractivity contribution in [2.24, 2.45) is 0 Å². The number of anilines is 2. The lowest BCUT2D eigenvalue weighted by atomic mass is 10.1. The van der Waals surface area contributed by atoms with Gasteiger partial charge in [-0.25, -0.2) is 8.78 Å². The Hall–Kier alpha value is -2.31. The third-order valence-corrected chi connectivity index (χ3v) is 3.45. The zero-order chi connectivity index (χ0) is 14.8. The van der Waals surface area contributed by atoms with E-state index in [1.807, 2.05) is 4.90 Å². The van der Waals surface area contributed by atoms with Crippen molar-refractivity contribution < 1.29 is 8.78 Å². The Bertz CT molecular complexity index is 656. The molecule has 1 aliphatic heterocycles. The van der Waals surface area contributed by atoms with Crippen molar-refractivity contribution >= 4 is 11.9 Å². The molecule has 5 nitrogen and oxygen atoms in total. The van der Waals surface area contributed by atoms with Gasteiger partial charge in [-0.15, -0.1) is 0 Å². The van der Waals surface area contributed by atoms with Gasteiger partial charge in [-0.1, -0.05) is 0 Å². The van der Waals surface area contributed by atoms with Crippen LogP contribution >= 0.6 is 0 Å². The minimum absolute atomic E-state index is 0.0318. The third kappa shape index (κ3) is 2.91. The van der Waals surface area contributed by atoms with Gasteiger partial charge in [0.25, 0.3) is 0 Å². The van der Waals surface area contributed by atoms with Gasteiger partial charge >= 0.3 is 0 Å². The number of rotatable bonds is 2. The van der Waals surface area contributed by atoms with Gasteiger partial charge in [0.15, 0.2) is 5.82 Å². The molecule has 7 heteroatoms. The van der Waals surface area contributed by atoms with Gasteiger partial charge < -0.3 is 10.6 Å². The maximum absolute atomic E-state index is 13.8. The van der Waals surface area contributed by atoms with Gasteiger partial charge in [0.2, 0.25) is 11.9 Å². The molecule has 1 aromatic carbocycles. The highest BCUT2D eigenvalue weighted by atomic mass is 19.1. The first-order chi connectivity index (χ1) is 10.1. The van der Waals surface area contributed by atoms with E-state index in [9.17, 15) is 8.78 Å². The number of nitrogen functional groups attached to an aromatic ring is 1. The molecule has 0 unspecified atom stereocenters. The highest BCUT2D eigenvalue weighted by Gasteiger charge is 2.17. The van der Waals surface area contributed by atoms with Crippen molar-refractivity contribution in [3.05, 3.63) is 29.8 Å². The Balaban J connectivity index is 2.00. The monoisotopic (exact) mass is 291 g/mol. The molecule has 2 N–H and O–H groups in total. The highest BCUT2D eigenvalue weighted by molar-refractivity contribution is 5.58. The molecule has 110 valence electrons. The van der Waals surface area contributed by atoms with E-state index in [0.29, 0.717) is 5.95 Å². The third-order valence-electron chi connectivity index (χ3n) is 3.45. The van der Waals surface area contributed by atoms with Crippen LogP contribution in [0.1, 0.15) is 19.3 Å². The highest BCUT2D eigenvalue weighted by Crippen LogP contribution is 2.23. The molecule has 0 spiro atoms. The Kier molecular flexibility index (Phi) is 3.64. The van der Waals surface area contributed by atoms with Crippen LogP contribution in [-0.4, -0.2) is 28.0 Å². The fourth-order valence-electron chi connectivity index (χ4n) is 2.41. The van der Waals surface area contributed by atoms with Crippen molar-refractivity contribution in [3.63, 3.8) is 0 Å². The molecular formula is C14H15F2N5. The van der Waals surface area contributed by atoms with Crippen molar-refractivity contribution in [2.75, 3.05) is 23.7 Å². The zero-order valence-corrected chi connectivity index (χ0v) is 11.4. The van der Waals surface area contributed by atoms with Crippen LogP contribution in [0.2, 0.25) is 0 Å². The van der Waals surface area contributed by atoms with Crippen LogP contribution in [0.5, 0.6) is 0 Å². The lowest BCUT2D eigenvalue weighted by molar-refractivity contribution is 0.567. The molecule has 3 rings (SSSR count). The predicted molar refractivity (Wildman–Crippen MR) is 75.7 cm³/mol. The van der Waals surface area contributed by atoms with Gasteiger partial charge in [-0.2, -0.15) is 15.0 Å². The summed E-state index contributed by atoms with van der Waals surface area (Å²) in [5, 5.41) is 0. The number of piperidine rings is 1. The number of aromatic nitrogens is 3.